The third-order valence-corrected chi connectivity index (χ3v) is 3.64. The summed E-state index contributed by atoms with van der Waals surface area (Å²) in [5, 5.41) is 10.5. The molecule has 0 radical (unpaired) electrons. The summed E-state index contributed by atoms with van der Waals surface area (Å²) in [6.07, 6.45) is 3.51. The monoisotopic (exact) mass is 348 g/mol. The van der Waals surface area contributed by atoms with Crippen LogP contribution >= 0.6 is 11.6 Å². The Morgan fingerprint density at radius 1 is 1.25 bits per heavy atom. The van der Waals surface area contributed by atoms with Gasteiger partial charge in [0.2, 0.25) is 5.28 Å². The molecule has 0 saturated heterocycles. The molecule has 1 heterocycles. The van der Waals surface area contributed by atoms with E-state index in [0.717, 1.165) is 5.56 Å². The van der Waals surface area contributed by atoms with E-state index in [9.17, 15) is 9.90 Å². The lowest BCUT2D eigenvalue weighted by atomic mass is 9.87. The number of Topliss-reactive ketones (excluding diaryl/α,β-unsaturated/α-hetero) is 1. The Labute approximate surface area is 146 Å². The molecule has 128 valence electrons. The van der Waals surface area contributed by atoms with Crippen LogP contribution in [0.1, 0.15) is 48.7 Å². The number of aromatic nitrogens is 2. The number of nitrogens with zero attached hydrogens (tertiary/aromatic N) is 2. The number of carbonyl (C=O) groups is 1. The number of carbonyl (C=O) groups excluding carboxylic acids is 1. The molecule has 0 atom stereocenters. The zero-order valence-corrected chi connectivity index (χ0v) is 15.0. The number of rotatable bonds is 5. The highest BCUT2D eigenvalue weighted by molar-refractivity contribution is 6.28. The van der Waals surface area contributed by atoms with E-state index in [1.54, 1.807) is 31.5 Å². The van der Waals surface area contributed by atoms with Gasteiger partial charge in [0.1, 0.15) is 18.1 Å². The third kappa shape index (κ3) is 4.68. The van der Waals surface area contributed by atoms with Gasteiger partial charge in [-0.2, -0.15) is 0 Å². The minimum Gasteiger partial charge on any atom is -0.507 e. The number of phenolic OH excluding ortho intramolecular Hbond substituents is 1. The maximum atomic E-state index is 12.3. The first-order chi connectivity index (χ1) is 11.2. The number of benzene rings is 1. The van der Waals surface area contributed by atoms with Crippen LogP contribution in [0.25, 0.3) is 0 Å². The van der Waals surface area contributed by atoms with Crippen molar-refractivity contribution in [3.05, 3.63) is 46.5 Å². The fourth-order valence-corrected chi connectivity index (χ4v) is 2.31. The fourth-order valence-electron chi connectivity index (χ4n) is 2.21. The second-order valence-electron chi connectivity index (χ2n) is 6.89. The first-order valence-corrected chi connectivity index (χ1v) is 8.00. The van der Waals surface area contributed by atoms with Crippen LogP contribution in [0.3, 0.4) is 0 Å². The van der Waals surface area contributed by atoms with Crippen molar-refractivity contribution in [1.82, 2.24) is 9.97 Å². The topological polar surface area (TPSA) is 72.3 Å². The van der Waals surface area contributed by atoms with E-state index >= 15 is 0 Å². The molecule has 24 heavy (non-hydrogen) atoms. The Morgan fingerprint density at radius 3 is 2.46 bits per heavy atom. The molecule has 0 bridgehead atoms. The fraction of sp³-hybridized carbons (Fsp3) is 0.389. The summed E-state index contributed by atoms with van der Waals surface area (Å²) in [6, 6.07) is 3.30. The van der Waals surface area contributed by atoms with Crippen LogP contribution in [0.2, 0.25) is 5.28 Å². The van der Waals surface area contributed by atoms with Crippen molar-refractivity contribution in [2.24, 2.45) is 5.41 Å². The summed E-state index contributed by atoms with van der Waals surface area (Å²) in [5.74, 6) is 0.393. The van der Waals surface area contributed by atoms with Crippen LogP contribution < -0.4 is 4.74 Å². The summed E-state index contributed by atoms with van der Waals surface area (Å²) >= 11 is 5.64. The van der Waals surface area contributed by atoms with Crippen LogP contribution in [0.4, 0.5) is 0 Å². The number of ether oxygens (including phenoxy) is 1. The molecular weight excluding hydrogens is 328 g/mol. The number of hydrogen-bond acceptors (Lipinski definition) is 5. The largest absolute Gasteiger partial charge is 0.507 e. The van der Waals surface area contributed by atoms with E-state index in [1.165, 1.54) is 0 Å². The van der Waals surface area contributed by atoms with Crippen LogP contribution in [0.15, 0.2) is 24.5 Å². The van der Waals surface area contributed by atoms with Crippen LogP contribution in [-0.4, -0.2) is 20.9 Å². The van der Waals surface area contributed by atoms with Crippen molar-refractivity contribution in [2.75, 3.05) is 0 Å². The normalized spacial score (nSPS) is 11.4. The number of aromatic hydroxyl groups is 1. The Bertz CT molecular complexity index is 737. The van der Waals surface area contributed by atoms with Gasteiger partial charge in [-0.15, -0.1) is 0 Å². The molecule has 1 N–H and O–H groups in total. The Morgan fingerprint density at radius 2 is 1.88 bits per heavy atom. The highest BCUT2D eigenvalue weighted by atomic mass is 35.5. The summed E-state index contributed by atoms with van der Waals surface area (Å²) in [4.78, 5) is 20.1. The van der Waals surface area contributed by atoms with Gasteiger partial charge < -0.3 is 9.84 Å². The standard InChI is InChI=1S/C18H21ClN2O3/c1-11-15(24-10-12-8-20-17(19)21-9-12)6-5-13(16(11)23)14(22)7-18(2,3)4/h5-6,8-9,23H,7,10H2,1-4H3. The van der Waals surface area contributed by atoms with Gasteiger partial charge in [0.05, 0.1) is 5.56 Å². The van der Waals surface area contributed by atoms with Gasteiger partial charge in [0, 0.05) is 29.9 Å². The SMILES string of the molecule is Cc1c(OCc2cnc(Cl)nc2)ccc(C(=O)CC(C)(C)C)c1O. The summed E-state index contributed by atoms with van der Waals surface area (Å²) in [7, 11) is 0. The molecule has 1 aromatic carbocycles. The van der Waals surface area contributed by atoms with Crippen molar-refractivity contribution < 1.29 is 14.6 Å². The second-order valence-corrected chi connectivity index (χ2v) is 7.23. The average Bonchev–Trinajstić information content (AvgIpc) is 2.48. The highest BCUT2D eigenvalue weighted by Gasteiger charge is 2.21. The van der Waals surface area contributed by atoms with Gasteiger partial charge in [0.15, 0.2) is 5.78 Å². The number of halogens is 1. The second kappa shape index (κ2) is 7.18. The van der Waals surface area contributed by atoms with Gasteiger partial charge >= 0.3 is 0 Å². The smallest absolute Gasteiger partial charge is 0.222 e. The summed E-state index contributed by atoms with van der Waals surface area (Å²) < 4.78 is 5.68. The van der Waals surface area contributed by atoms with Crippen molar-refractivity contribution in [2.45, 2.75) is 40.7 Å². The van der Waals surface area contributed by atoms with Crippen molar-refractivity contribution in [1.29, 1.82) is 0 Å². The number of ketones is 1. The molecule has 2 aromatic rings. The summed E-state index contributed by atoms with van der Waals surface area (Å²) in [5.41, 5.74) is 1.47. The molecule has 5 nitrogen and oxygen atoms in total. The van der Waals surface area contributed by atoms with Gasteiger partial charge in [0.25, 0.3) is 0 Å². The van der Waals surface area contributed by atoms with Crippen LogP contribution in [0, 0.1) is 12.3 Å². The van der Waals surface area contributed by atoms with E-state index in [-0.39, 0.29) is 28.8 Å². The van der Waals surface area contributed by atoms with Crippen molar-refractivity contribution in [3.8, 4) is 11.5 Å². The molecule has 0 unspecified atom stereocenters. The molecule has 0 aliphatic rings. The Kier molecular flexibility index (Phi) is 5.44. The molecule has 2 rings (SSSR count). The lowest BCUT2D eigenvalue weighted by Crippen LogP contribution is -2.13. The summed E-state index contributed by atoms with van der Waals surface area (Å²) in [6.45, 7) is 7.92. The van der Waals surface area contributed by atoms with Crippen molar-refractivity contribution in [3.63, 3.8) is 0 Å². The Hall–Kier alpha value is -2.14. The predicted molar refractivity (Wildman–Crippen MR) is 92.6 cm³/mol. The average molecular weight is 349 g/mol. The highest BCUT2D eigenvalue weighted by Crippen LogP contribution is 2.33. The lowest BCUT2D eigenvalue weighted by Gasteiger charge is -2.18. The van der Waals surface area contributed by atoms with E-state index in [1.807, 2.05) is 20.8 Å². The van der Waals surface area contributed by atoms with Crippen LogP contribution in [0.5, 0.6) is 11.5 Å². The van der Waals surface area contributed by atoms with Crippen molar-refractivity contribution >= 4 is 17.4 Å². The molecule has 6 heteroatoms. The quantitative estimate of drug-likeness (QED) is 0.642. The van der Waals surface area contributed by atoms with Gasteiger partial charge in [-0.25, -0.2) is 9.97 Å². The lowest BCUT2D eigenvalue weighted by molar-refractivity contribution is 0.0937. The predicted octanol–water partition coefficient (Wildman–Crippen LogP) is 4.34. The van der Waals surface area contributed by atoms with E-state index in [0.29, 0.717) is 23.3 Å². The van der Waals surface area contributed by atoms with E-state index in [4.69, 9.17) is 16.3 Å². The first-order valence-electron chi connectivity index (χ1n) is 7.62. The minimum atomic E-state index is -0.138. The minimum absolute atomic E-state index is 0.0332. The Balaban J connectivity index is 2.14. The zero-order chi connectivity index (χ0) is 17.9. The molecule has 0 aliphatic heterocycles. The van der Waals surface area contributed by atoms with Crippen LogP contribution in [-0.2, 0) is 6.61 Å². The van der Waals surface area contributed by atoms with Gasteiger partial charge in [-0.1, -0.05) is 20.8 Å². The third-order valence-electron chi connectivity index (χ3n) is 3.44. The molecule has 1 aromatic heterocycles. The maximum Gasteiger partial charge on any atom is 0.222 e. The number of hydrogen-bond donors (Lipinski definition) is 1. The zero-order valence-electron chi connectivity index (χ0n) is 14.3. The molecule has 0 spiro atoms. The molecule has 0 fully saturated rings. The number of phenols is 1. The van der Waals surface area contributed by atoms with E-state index < -0.39 is 0 Å². The van der Waals surface area contributed by atoms with Gasteiger partial charge in [-0.05, 0) is 36.1 Å². The first kappa shape index (κ1) is 18.2. The van der Waals surface area contributed by atoms with E-state index in [2.05, 4.69) is 9.97 Å². The molecule has 0 aliphatic carbocycles. The maximum absolute atomic E-state index is 12.3. The molecule has 0 amide bonds. The van der Waals surface area contributed by atoms with Gasteiger partial charge in [-0.3, -0.25) is 4.79 Å². The molecular formula is C18H21ClN2O3. The molecule has 0 saturated carbocycles.